The van der Waals surface area contributed by atoms with Gasteiger partial charge in [-0.05, 0) is 49.8 Å². The van der Waals surface area contributed by atoms with Crippen LogP contribution in [0.2, 0.25) is 0 Å². The standard InChI is InChI=1S/C23H36N4O2.HI/c1-4-24-23(25-13-11-22(28)26-14-5-6-18(2)16-26)27-15-12-20(17-27)19-7-9-21(29-3)10-8-19;/h7-10,18,20H,4-6,11-17H2,1-3H3,(H,24,25);1H. The third-order valence-corrected chi connectivity index (χ3v) is 6.01. The lowest BCUT2D eigenvalue weighted by Crippen LogP contribution is -2.41. The average Bonchev–Trinajstić information content (AvgIpc) is 3.23. The molecular formula is C23H37IN4O2. The van der Waals surface area contributed by atoms with Gasteiger partial charge in [0.25, 0.3) is 0 Å². The van der Waals surface area contributed by atoms with E-state index < -0.39 is 0 Å². The minimum Gasteiger partial charge on any atom is -0.497 e. The van der Waals surface area contributed by atoms with Crippen molar-refractivity contribution in [3.8, 4) is 5.75 Å². The summed E-state index contributed by atoms with van der Waals surface area (Å²) in [5.74, 6) is 3.19. The maximum atomic E-state index is 12.5. The van der Waals surface area contributed by atoms with Crippen molar-refractivity contribution in [3.63, 3.8) is 0 Å². The van der Waals surface area contributed by atoms with Gasteiger partial charge in [0.1, 0.15) is 5.75 Å². The van der Waals surface area contributed by atoms with Gasteiger partial charge >= 0.3 is 0 Å². The Morgan fingerprint density at radius 2 is 1.93 bits per heavy atom. The molecule has 6 nitrogen and oxygen atoms in total. The van der Waals surface area contributed by atoms with Gasteiger partial charge in [0.15, 0.2) is 5.96 Å². The number of ether oxygens (including phenoxy) is 1. The van der Waals surface area contributed by atoms with E-state index in [0.29, 0.717) is 24.8 Å². The van der Waals surface area contributed by atoms with Crippen LogP contribution in [-0.2, 0) is 4.79 Å². The fraction of sp³-hybridized carbons (Fsp3) is 0.652. The van der Waals surface area contributed by atoms with Gasteiger partial charge in [0.05, 0.1) is 13.7 Å². The molecule has 3 rings (SSSR count). The maximum Gasteiger partial charge on any atom is 0.224 e. The maximum absolute atomic E-state index is 12.5. The topological polar surface area (TPSA) is 57.2 Å². The zero-order valence-electron chi connectivity index (χ0n) is 18.6. The van der Waals surface area contributed by atoms with Crippen LogP contribution in [0.4, 0.5) is 0 Å². The molecular weight excluding hydrogens is 491 g/mol. The van der Waals surface area contributed by atoms with Crippen LogP contribution in [0.3, 0.4) is 0 Å². The number of carbonyl (C=O) groups is 1. The molecule has 1 amide bonds. The fourth-order valence-corrected chi connectivity index (χ4v) is 4.36. The first-order chi connectivity index (χ1) is 14.1. The molecule has 7 heteroatoms. The molecule has 1 aromatic carbocycles. The number of hydrogen-bond donors (Lipinski definition) is 1. The first-order valence-corrected chi connectivity index (χ1v) is 11.1. The van der Waals surface area contributed by atoms with Crippen molar-refractivity contribution in [2.45, 2.75) is 45.4 Å². The van der Waals surface area contributed by atoms with Crippen LogP contribution in [0.25, 0.3) is 0 Å². The molecule has 30 heavy (non-hydrogen) atoms. The number of rotatable bonds is 6. The predicted molar refractivity (Wildman–Crippen MR) is 133 cm³/mol. The predicted octanol–water partition coefficient (Wildman–Crippen LogP) is 3.72. The van der Waals surface area contributed by atoms with Gasteiger partial charge in [-0.3, -0.25) is 9.79 Å². The summed E-state index contributed by atoms with van der Waals surface area (Å²) in [6, 6.07) is 8.39. The summed E-state index contributed by atoms with van der Waals surface area (Å²) in [4.78, 5) is 21.6. The number of amides is 1. The lowest BCUT2D eigenvalue weighted by atomic mass is 9.98. The number of nitrogens with one attached hydrogen (secondary N) is 1. The molecule has 2 aliphatic rings. The van der Waals surface area contributed by atoms with E-state index in [1.165, 1.54) is 12.0 Å². The van der Waals surface area contributed by atoms with Crippen molar-refractivity contribution in [1.29, 1.82) is 0 Å². The van der Waals surface area contributed by atoms with E-state index in [-0.39, 0.29) is 29.9 Å². The third-order valence-electron chi connectivity index (χ3n) is 6.01. The lowest BCUT2D eigenvalue weighted by molar-refractivity contribution is -0.132. The number of carbonyl (C=O) groups excluding carboxylic acids is 1. The van der Waals surface area contributed by atoms with Crippen LogP contribution in [-0.4, -0.2) is 68.0 Å². The molecule has 2 unspecified atom stereocenters. The SMILES string of the molecule is CCNC(=NCCC(=O)N1CCCC(C)C1)N1CCC(c2ccc(OC)cc2)C1.I. The summed E-state index contributed by atoms with van der Waals surface area (Å²) in [5.41, 5.74) is 1.35. The van der Waals surface area contributed by atoms with E-state index in [9.17, 15) is 4.79 Å². The van der Waals surface area contributed by atoms with E-state index in [0.717, 1.165) is 57.3 Å². The number of guanidine groups is 1. The highest BCUT2D eigenvalue weighted by molar-refractivity contribution is 14.0. The smallest absolute Gasteiger partial charge is 0.224 e. The van der Waals surface area contributed by atoms with Gasteiger partial charge in [-0.25, -0.2) is 0 Å². The summed E-state index contributed by atoms with van der Waals surface area (Å²) in [5, 5.41) is 3.41. The molecule has 1 N–H and O–H groups in total. The molecule has 2 aliphatic heterocycles. The zero-order chi connectivity index (χ0) is 20.6. The summed E-state index contributed by atoms with van der Waals surface area (Å²) >= 11 is 0. The highest BCUT2D eigenvalue weighted by Gasteiger charge is 2.26. The van der Waals surface area contributed by atoms with Gasteiger partial charge in [-0.15, -0.1) is 24.0 Å². The Bertz CT molecular complexity index is 695. The van der Waals surface area contributed by atoms with Gasteiger partial charge in [-0.2, -0.15) is 0 Å². The van der Waals surface area contributed by atoms with Crippen molar-refractivity contribution < 1.29 is 9.53 Å². The molecule has 0 aliphatic carbocycles. The van der Waals surface area contributed by atoms with E-state index in [1.807, 2.05) is 17.0 Å². The fourth-order valence-electron chi connectivity index (χ4n) is 4.36. The summed E-state index contributed by atoms with van der Waals surface area (Å²) < 4.78 is 5.27. The molecule has 168 valence electrons. The zero-order valence-corrected chi connectivity index (χ0v) is 20.9. The van der Waals surface area contributed by atoms with Crippen LogP contribution < -0.4 is 10.1 Å². The Morgan fingerprint density at radius 1 is 1.17 bits per heavy atom. The van der Waals surface area contributed by atoms with Gasteiger partial charge in [0, 0.05) is 45.1 Å². The number of aliphatic imine (C=N–C) groups is 1. The quantitative estimate of drug-likeness (QED) is 0.348. The second-order valence-electron chi connectivity index (χ2n) is 8.28. The molecule has 0 spiro atoms. The third kappa shape index (κ3) is 6.75. The molecule has 0 radical (unpaired) electrons. The number of likely N-dealkylation sites (tertiary alicyclic amines) is 2. The summed E-state index contributed by atoms with van der Waals surface area (Å²) in [7, 11) is 1.70. The number of nitrogens with zero attached hydrogens (tertiary/aromatic N) is 3. The molecule has 1 aromatic rings. The molecule has 2 heterocycles. The van der Waals surface area contributed by atoms with Crippen LogP contribution >= 0.6 is 24.0 Å². The van der Waals surface area contributed by atoms with Crippen molar-refractivity contribution >= 4 is 35.8 Å². The Kier molecular flexibility index (Phi) is 10.2. The molecule has 0 aromatic heterocycles. The minimum atomic E-state index is 0. The number of halogens is 1. The van der Waals surface area contributed by atoms with Gasteiger partial charge in [-0.1, -0.05) is 19.1 Å². The number of methoxy groups -OCH3 is 1. The van der Waals surface area contributed by atoms with Crippen LogP contribution in [0.15, 0.2) is 29.3 Å². The molecule has 2 fully saturated rings. The highest BCUT2D eigenvalue weighted by Crippen LogP contribution is 2.28. The Balaban J connectivity index is 0.00000320. The molecule has 0 saturated carbocycles. The largest absolute Gasteiger partial charge is 0.497 e. The minimum absolute atomic E-state index is 0. The van der Waals surface area contributed by atoms with Crippen LogP contribution in [0, 0.1) is 5.92 Å². The van der Waals surface area contributed by atoms with E-state index >= 15 is 0 Å². The lowest BCUT2D eigenvalue weighted by Gasteiger charge is -2.31. The van der Waals surface area contributed by atoms with E-state index in [2.05, 4.69) is 36.2 Å². The number of piperidine rings is 1. The second-order valence-corrected chi connectivity index (χ2v) is 8.28. The normalized spacial score (nSPS) is 21.9. The van der Waals surface area contributed by atoms with Gasteiger partial charge < -0.3 is 19.9 Å². The van der Waals surface area contributed by atoms with Crippen LogP contribution in [0.1, 0.15) is 51.0 Å². The van der Waals surface area contributed by atoms with Crippen molar-refractivity contribution in [2.24, 2.45) is 10.9 Å². The highest BCUT2D eigenvalue weighted by atomic mass is 127. The Morgan fingerprint density at radius 3 is 2.60 bits per heavy atom. The summed E-state index contributed by atoms with van der Waals surface area (Å²) in [6.45, 7) is 9.45. The molecule has 2 saturated heterocycles. The molecule has 2 atom stereocenters. The Hall–Kier alpha value is -1.51. The van der Waals surface area contributed by atoms with Crippen molar-refractivity contribution in [3.05, 3.63) is 29.8 Å². The monoisotopic (exact) mass is 528 g/mol. The first-order valence-electron chi connectivity index (χ1n) is 11.1. The average molecular weight is 528 g/mol. The Labute approximate surface area is 198 Å². The summed E-state index contributed by atoms with van der Waals surface area (Å²) in [6.07, 6.45) is 3.97. The van der Waals surface area contributed by atoms with E-state index in [1.54, 1.807) is 7.11 Å². The van der Waals surface area contributed by atoms with E-state index in [4.69, 9.17) is 9.73 Å². The number of benzene rings is 1. The molecule has 0 bridgehead atoms. The first kappa shape index (κ1) is 24.8. The van der Waals surface area contributed by atoms with Crippen LogP contribution in [0.5, 0.6) is 5.75 Å². The van der Waals surface area contributed by atoms with Gasteiger partial charge in [0.2, 0.25) is 5.91 Å². The second kappa shape index (κ2) is 12.4. The van der Waals surface area contributed by atoms with Crippen molar-refractivity contribution in [2.75, 3.05) is 46.4 Å². The number of hydrogen-bond acceptors (Lipinski definition) is 3. The van der Waals surface area contributed by atoms with Crippen molar-refractivity contribution in [1.82, 2.24) is 15.1 Å².